The lowest BCUT2D eigenvalue weighted by Gasteiger charge is -2.08. The summed E-state index contributed by atoms with van der Waals surface area (Å²) in [7, 11) is 1.86. The first-order valence-electron chi connectivity index (χ1n) is 8.73. The van der Waals surface area contributed by atoms with E-state index < -0.39 is 0 Å². The Hall–Kier alpha value is -3.38. The molecule has 0 saturated heterocycles. The fourth-order valence-electron chi connectivity index (χ4n) is 3.25. The molecule has 2 amide bonds. The quantitative estimate of drug-likeness (QED) is 0.465. The molecule has 4 rings (SSSR count). The van der Waals surface area contributed by atoms with Crippen LogP contribution in [0.3, 0.4) is 0 Å². The Bertz CT molecular complexity index is 1050. The molecule has 136 valence electrons. The summed E-state index contributed by atoms with van der Waals surface area (Å²) in [6.45, 7) is 1.30. The minimum atomic E-state index is -0.385. The lowest BCUT2D eigenvalue weighted by Crippen LogP contribution is -2.22. The molecule has 2 heterocycles. The van der Waals surface area contributed by atoms with Gasteiger partial charge in [-0.05, 0) is 30.8 Å². The summed E-state index contributed by atoms with van der Waals surface area (Å²) in [4.78, 5) is 28.2. The Morgan fingerprint density at radius 2 is 1.70 bits per heavy atom. The van der Waals surface area contributed by atoms with Crippen LogP contribution in [0.4, 0.5) is 0 Å². The molecule has 0 spiro atoms. The van der Waals surface area contributed by atoms with Gasteiger partial charge in [-0.3, -0.25) is 14.9 Å². The van der Waals surface area contributed by atoms with Crippen LogP contribution >= 0.6 is 0 Å². The summed E-state index contributed by atoms with van der Waals surface area (Å²) >= 11 is 0. The molecule has 1 aliphatic rings. The summed E-state index contributed by atoms with van der Waals surface area (Å²) in [6.07, 6.45) is 1.77. The third kappa shape index (κ3) is 3.11. The zero-order chi connectivity index (χ0) is 18.8. The van der Waals surface area contributed by atoms with Crippen molar-refractivity contribution in [1.29, 1.82) is 0 Å². The molecular formula is C21H19N3O3. The molecule has 6 heteroatoms. The molecule has 3 aromatic rings. The molecule has 0 aliphatic carbocycles. The first kappa shape index (κ1) is 17.1. The largest absolute Gasteiger partial charge is 0.492 e. The Kier molecular flexibility index (Phi) is 4.48. The number of H-pyrrole nitrogens is 1. The van der Waals surface area contributed by atoms with Crippen molar-refractivity contribution in [3.63, 3.8) is 0 Å². The predicted octanol–water partition coefficient (Wildman–Crippen LogP) is 2.33. The van der Waals surface area contributed by atoms with E-state index >= 15 is 0 Å². The molecule has 0 radical (unpaired) electrons. The maximum Gasteiger partial charge on any atom is 0.259 e. The van der Waals surface area contributed by atoms with Gasteiger partial charge < -0.3 is 15.0 Å². The smallest absolute Gasteiger partial charge is 0.259 e. The van der Waals surface area contributed by atoms with E-state index in [1.54, 1.807) is 30.5 Å². The fraction of sp³-hybridized carbons (Fsp3) is 0.143. The number of hydrogen-bond donors (Lipinski definition) is 3. The summed E-state index contributed by atoms with van der Waals surface area (Å²) < 4.78 is 5.62. The Labute approximate surface area is 156 Å². The van der Waals surface area contributed by atoms with Gasteiger partial charge in [-0.1, -0.05) is 30.3 Å². The van der Waals surface area contributed by atoms with Crippen LogP contribution in [0.15, 0.2) is 54.7 Å². The van der Waals surface area contributed by atoms with Crippen LogP contribution < -0.4 is 15.4 Å². The number of aromatic amines is 1. The number of hydrogen-bond acceptors (Lipinski definition) is 4. The van der Waals surface area contributed by atoms with Crippen LogP contribution in [-0.4, -0.2) is 37.0 Å². The van der Waals surface area contributed by atoms with E-state index in [-0.39, 0.29) is 11.8 Å². The standard InChI is InChI=1S/C21H19N3O3/c1-22-10-11-27-14-8-6-13(7-9-14)18-19(21(26)24-20(18)25)16-12-23-17-5-3-2-4-15(16)17/h2-9,12,22-23H,10-11H2,1H3,(H,24,25,26). The van der Waals surface area contributed by atoms with Gasteiger partial charge in [0.15, 0.2) is 0 Å². The maximum absolute atomic E-state index is 12.5. The van der Waals surface area contributed by atoms with Gasteiger partial charge in [-0.2, -0.15) is 0 Å². The normalized spacial score (nSPS) is 14.1. The minimum Gasteiger partial charge on any atom is -0.492 e. The first-order chi connectivity index (χ1) is 13.2. The van der Waals surface area contributed by atoms with Crippen LogP contribution in [0.2, 0.25) is 0 Å². The topological polar surface area (TPSA) is 83.2 Å². The van der Waals surface area contributed by atoms with Gasteiger partial charge in [-0.25, -0.2) is 0 Å². The molecule has 6 nitrogen and oxygen atoms in total. The van der Waals surface area contributed by atoms with E-state index in [0.717, 1.165) is 23.0 Å². The first-order valence-corrected chi connectivity index (χ1v) is 8.73. The maximum atomic E-state index is 12.5. The fourth-order valence-corrected chi connectivity index (χ4v) is 3.25. The number of carbonyl (C=O) groups excluding carboxylic acids is 2. The molecule has 1 aromatic heterocycles. The number of amides is 2. The minimum absolute atomic E-state index is 0.380. The van der Waals surface area contributed by atoms with Crippen molar-refractivity contribution in [3.8, 4) is 5.75 Å². The SMILES string of the molecule is CNCCOc1ccc(C2=C(c3c[nH]c4ccccc34)C(=O)NC2=O)cc1. The third-order valence-corrected chi connectivity index (χ3v) is 4.55. The molecule has 2 aromatic carbocycles. The second-order valence-electron chi connectivity index (χ2n) is 6.26. The summed E-state index contributed by atoms with van der Waals surface area (Å²) in [5.74, 6) is -0.0498. The van der Waals surface area contributed by atoms with E-state index in [4.69, 9.17) is 4.74 Å². The lowest BCUT2D eigenvalue weighted by molar-refractivity contribution is -0.122. The van der Waals surface area contributed by atoms with Gasteiger partial charge in [0.1, 0.15) is 12.4 Å². The van der Waals surface area contributed by atoms with E-state index in [9.17, 15) is 9.59 Å². The van der Waals surface area contributed by atoms with Crippen LogP contribution in [-0.2, 0) is 9.59 Å². The summed E-state index contributed by atoms with van der Waals surface area (Å²) in [5, 5.41) is 6.34. The summed E-state index contributed by atoms with van der Waals surface area (Å²) in [6, 6.07) is 14.9. The predicted molar refractivity (Wildman–Crippen MR) is 104 cm³/mol. The highest BCUT2D eigenvalue weighted by molar-refractivity contribution is 6.50. The van der Waals surface area contributed by atoms with Gasteiger partial charge in [0.05, 0.1) is 11.1 Å². The van der Waals surface area contributed by atoms with Gasteiger partial charge in [0.25, 0.3) is 11.8 Å². The second-order valence-corrected chi connectivity index (χ2v) is 6.26. The van der Waals surface area contributed by atoms with Crippen LogP contribution in [0.5, 0.6) is 5.75 Å². The van der Waals surface area contributed by atoms with Crippen LogP contribution in [0.25, 0.3) is 22.0 Å². The number of para-hydroxylation sites is 1. The molecule has 27 heavy (non-hydrogen) atoms. The number of ether oxygens (including phenoxy) is 1. The van der Waals surface area contributed by atoms with E-state index in [1.807, 2.05) is 31.3 Å². The monoisotopic (exact) mass is 361 g/mol. The van der Waals surface area contributed by atoms with Crippen molar-refractivity contribution < 1.29 is 14.3 Å². The zero-order valence-corrected chi connectivity index (χ0v) is 14.8. The number of rotatable bonds is 6. The van der Waals surface area contributed by atoms with Crippen molar-refractivity contribution >= 4 is 33.9 Å². The number of benzene rings is 2. The van der Waals surface area contributed by atoms with Crippen molar-refractivity contribution in [2.45, 2.75) is 0 Å². The second kappa shape index (κ2) is 7.09. The van der Waals surface area contributed by atoms with Crippen LogP contribution in [0.1, 0.15) is 11.1 Å². The number of fused-ring (bicyclic) bond motifs is 1. The Morgan fingerprint density at radius 3 is 2.48 bits per heavy atom. The molecule has 0 fully saturated rings. The molecule has 0 saturated carbocycles. The lowest BCUT2D eigenvalue weighted by atomic mass is 9.96. The average molecular weight is 361 g/mol. The number of likely N-dealkylation sites (N-methyl/N-ethyl adjacent to an activating group) is 1. The van der Waals surface area contributed by atoms with Gasteiger partial charge >= 0.3 is 0 Å². The highest BCUT2D eigenvalue weighted by atomic mass is 16.5. The molecule has 3 N–H and O–H groups in total. The third-order valence-electron chi connectivity index (χ3n) is 4.55. The number of carbonyl (C=O) groups is 2. The highest BCUT2D eigenvalue weighted by Crippen LogP contribution is 2.35. The molecule has 0 bridgehead atoms. The molecular weight excluding hydrogens is 342 g/mol. The molecule has 1 aliphatic heterocycles. The van der Waals surface area contributed by atoms with Crippen LogP contribution in [0, 0.1) is 0 Å². The number of aromatic nitrogens is 1. The highest BCUT2D eigenvalue weighted by Gasteiger charge is 2.33. The Balaban J connectivity index is 1.76. The van der Waals surface area contributed by atoms with E-state index in [1.165, 1.54) is 0 Å². The molecule has 0 unspecified atom stereocenters. The Morgan fingerprint density at radius 1 is 0.963 bits per heavy atom. The van der Waals surface area contributed by atoms with E-state index in [2.05, 4.69) is 15.6 Å². The van der Waals surface area contributed by atoms with Gasteiger partial charge in [-0.15, -0.1) is 0 Å². The van der Waals surface area contributed by atoms with Crippen molar-refractivity contribution in [3.05, 3.63) is 65.9 Å². The average Bonchev–Trinajstić information content (AvgIpc) is 3.22. The molecule has 0 atom stereocenters. The number of nitrogens with one attached hydrogen (secondary N) is 3. The zero-order valence-electron chi connectivity index (χ0n) is 14.8. The van der Waals surface area contributed by atoms with Gasteiger partial charge in [0.2, 0.25) is 0 Å². The number of imide groups is 1. The van der Waals surface area contributed by atoms with E-state index in [0.29, 0.717) is 29.1 Å². The van der Waals surface area contributed by atoms with Crippen molar-refractivity contribution in [1.82, 2.24) is 15.6 Å². The van der Waals surface area contributed by atoms with Crippen molar-refractivity contribution in [2.24, 2.45) is 0 Å². The van der Waals surface area contributed by atoms with Crippen molar-refractivity contribution in [2.75, 3.05) is 20.2 Å². The van der Waals surface area contributed by atoms with Gasteiger partial charge in [0, 0.05) is 29.2 Å². The summed E-state index contributed by atoms with van der Waals surface area (Å²) in [5.41, 5.74) is 3.09.